The lowest BCUT2D eigenvalue weighted by atomic mass is 9.92. The third-order valence-electron chi connectivity index (χ3n) is 3.77. The number of ether oxygens (including phenoxy) is 2. The van der Waals surface area contributed by atoms with Crippen LogP contribution in [0.1, 0.15) is 35.7 Å². The number of hydrogen-bond donors (Lipinski definition) is 0. The first kappa shape index (κ1) is 11.7. The van der Waals surface area contributed by atoms with Crippen LogP contribution in [0.4, 0.5) is 0 Å². The van der Waals surface area contributed by atoms with Crippen molar-refractivity contribution in [2.45, 2.75) is 32.3 Å². The van der Waals surface area contributed by atoms with Crippen molar-refractivity contribution < 1.29 is 14.3 Å². The summed E-state index contributed by atoms with van der Waals surface area (Å²) in [6, 6.07) is 5.90. The van der Waals surface area contributed by atoms with E-state index in [9.17, 15) is 4.79 Å². The minimum atomic E-state index is -0.00275. The molecule has 1 aromatic carbocycles. The molecule has 1 saturated heterocycles. The van der Waals surface area contributed by atoms with E-state index in [2.05, 4.69) is 6.07 Å². The van der Waals surface area contributed by atoms with Crippen LogP contribution in [-0.4, -0.2) is 25.1 Å². The Kier molecular flexibility index (Phi) is 3.08. The predicted molar refractivity (Wildman–Crippen MR) is 68.1 cm³/mol. The number of carbonyl (C=O) groups is 1. The smallest absolute Gasteiger partial charge is 0.172 e. The molecule has 3 nitrogen and oxygen atoms in total. The fourth-order valence-corrected chi connectivity index (χ4v) is 2.80. The molecule has 1 fully saturated rings. The number of carbonyl (C=O) groups excluding carboxylic acids is 1. The van der Waals surface area contributed by atoms with Gasteiger partial charge in [0.1, 0.15) is 5.75 Å². The Morgan fingerprint density at radius 1 is 1.39 bits per heavy atom. The molecule has 2 atom stereocenters. The van der Waals surface area contributed by atoms with Gasteiger partial charge in [-0.3, -0.25) is 4.79 Å². The van der Waals surface area contributed by atoms with Gasteiger partial charge >= 0.3 is 0 Å². The predicted octanol–water partition coefficient (Wildman–Crippen LogP) is 2.62. The number of fused-ring (bicyclic) bond motifs is 1. The van der Waals surface area contributed by atoms with E-state index in [1.807, 2.05) is 19.1 Å². The largest absolute Gasteiger partial charge is 0.493 e. The van der Waals surface area contributed by atoms with E-state index >= 15 is 0 Å². The molecule has 0 radical (unpaired) electrons. The second-order valence-electron chi connectivity index (χ2n) is 5.19. The number of Topliss-reactive ketones (excluding diaryl/α,β-unsaturated/α-hetero) is 1. The minimum absolute atomic E-state index is 0.00275. The van der Waals surface area contributed by atoms with Crippen LogP contribution >= 0.6 is 0 Å². The Morgan fingerprint density at radius 3 is 3.06 bits per heavy atom. The van der Waals surface area contributed by atoms with Crippen LogP contribution in [0.15, 0.2) is 18.2 Å². The topological polar surface area (TPSA) is 35.5 Å². The van der Waals surface area contributed by atoms with Crippen molar-refractivity contribution >= 4 is 5.78 Å². The third kappa shape index (κ3) is 2.03. The van der Waals surface area contributed by atoms with E-state index in [1.165, 1.54) is 5.56 Å². The van der Waals surface area contributed by atoms with E-state index in [1.54, 1.807) is 0 Å². The fourth-order valence-electron chi connectivity index (χ4n) is 2.80. The highest BCUT2D eigenvalue weighted by Gasteiger charge is 2.31. The van der Waals surface area contributed by atoms with E-state index in [0.29, 0.717) is 6.61 Å². The number of hydrogen-bond acceptors (Lipinski definition) is 3. The molecule has 3 rings (SSSR count). The molecule has 0 bridgehead atoms. The van der Waals surface area contributed by atoms with Gasteiger partial charge in [0.25, 0.3) is 0 Å². The fraction of sp³-hybridized carbons (Fsp3) is 0.533. The second-order valence-corrected chi connectivity index (χ2v) is 5.19. The maximum atomic E-state index is 12.5. The van der Waals surface area contributed by atoms with Crippen molar-refractivity contribution in [2.24, 2.45) is 5.92 Å². The first-order chi connectivity index (χ1) is 8.75. The van der Waals surface area contributed by atoms with Crippen LogP contribution in [0, 0.1) is 5.92 Å². The first-order valence-corrected chi connectivity index (χ1v) is 6.66. The number of benzene rings is 1. The van der Waals surface area contributed by atoms with Gasteiger partial charge in [0.15, 0.2) is 5.78 Å². The summed E-state index contributed by atoms with van der Waals surface area (Å²) in [7, 11) is 0. The molecule has 18 heavy (non-hydrogen) atoms. The number of rotatable bonds is 2. The van der Waals surface area contributed by atoms with Gasteiger partial charge in [0.05, 0.1) is 24.9 Å². The SMILES string of the molecule is CC1CC(C(=O)c2cccc3c2OCCC3)CO1. The molecule has 0 amide bonds. The van der Waals surface area contributed by atoms with Crippen molar-refractivity contribution in [1.82, 2.24) is 0 Å². The number of aryl methyl sites for hydroxylation is 1. The third-order valence-corrected chi connectivity index (χ3v) is 3.77. The van der Waals surface area contributed by atoms with Crippen molar-refractivity contribution in [2.75, 3.05) is 13.2 Å². The van der Waals surface area contributed by atoms with Crippen LogP contribution in [0.25, 0.3) is 0 Å². The molecule has 0 spiro atoms. The average molecular weight is 246 g/mol. The maximum Gasteiger partial charge on any atom is 0.172 e. The quantitative estimate of drug-likeness (QED) is 0.752. The normalized spacial score (nSPS) is 26.5. The van der Waals surface area contributed by atoms with Crippen molar-refractivity contribution in [1.29, 1.82) is 0 Å². The Balaban J connectivity index is 1.90. The van der Waals surface area contributed by atoms with Crippen molar-refractivity contribution in [3.05, 3.63) is 29.3 Å². The zero-order valence-electron chi connectivity index (χ0n) is 10.6. The molecule has 3 heteroatoms. The van der Waals surface area contributed by atoms with Crippen LogP contribution in [0.5, 0.6) is 5.75 Å². The Bertz CT molecular complexity index is 467. The molecule has 2 heterocycles. The molecule has 2 aliphatic heterocycles. The highest BCUT2D eigenvalue weighted by Crippen LogP contribution is 2.32. The Morgan fingerprint density at radius 2 is 2.28 bits per heavy atom. The summed E-state index contributed by atoms with van der Waals surface area (Å²) in [4.78, 5) is 12.5. The molecule has 0 N–H and O–H groups in total. The average Bonchev–Trinajstić information content (AvgIpc) is 2.84. The van der Waals surface area contributed by atoms with Crippen molar-refractivity contribution in [3.63, 3.8) is 0 Å². The standard InChI is InChI=1S/C15H18O3/c1-10-8-12(9-18-10)14(16)13-6-2-4-11-5-3-7-17-15(11)13/h2,4,6,10,12H,3,5,7-9H2,1H3. The summed E-state index contributed by atoms with van der Waals surface area (Å²) in [5.41, 5.74) is 1.91. The van der Waals surface area contributed by atoms with Crippen LogP contribution in [0.2, 0.25) is 0 Å². The number of ketones is 1. The van der Waals surface area contributed by atoms with Crippen LogP contribution in [0.3, 0.4) is 0 Å². The molecule has 0 aliphatic carbocycles. The van der Waals surface area contributed by atoms with Crippen LogP contribution in [-0.2, 0) is 11.2 Å². The van der Waals surface area contributed by atoms with Gasteiger partial charge in [0.2, 0.25) is 0 Å². The number of para-hydroxylation sites is 1. The summed E-state index contributed by atoms with van der Waals surface area (Å²) in [6.45, 7) is 3.28. The molecule has 1 aromatic rings. The second kappa shape index (κ2) is 4.73. The zero-order chi connectivity index (χ0) is 12.5. The molecular weight excluding hydrogens is 228 g/mol. The van der Waals surface area contributed by atoms with Gasteiger partial charge < -0.3 is 9.47 Å². The van der Waals surface area contributed by atoms with Gasteiger partial charge in [-0.2, -0.15) is 0 Å². The molecule has 0 saturated carbocycles. The lowest BCUT2D eigenvalue weighted by Crippen LogP contribution is -2.19. The molecular formula is C15H18O3. The molecule has 96 valence electrons. The van der Waals surface area contributed by atoms with Gasteiger partial charge in [-0.1, -0.05) is 12.1 Å². The van der Waals surface area contributed by atoms with Gasteiger partial charge in [-0.25, -0.2) is 0 Å². The molecule has 2 aliphatic rings. The highest BCUT2D eigenvalue weighted by molar-refractivity contribution is 6.01. The summed E-state index contributed by atoms with van der Waals surface area (Å²) >= 11 is 0. The summed E-state index contributed by atoms with van der Waals surface area (Å²) < 4.78 is 11.2. The lowest BCUT2D eigenvalue weighted by Gasteiger charge is -2.20. The minimum Gasteiger partial charge on any atom is -0.493 e. The van der Waals surface area contributed by atoms with Gasteiger partial charge in [0, 0.05) is 5.92 Å². The first-order valence-electron chi connectivity index (χ1n) is 6.66. The lowest BCUT2D eigenvalue weighted by molar-refractivity contribution is 0.0873. The maximum absolute atomic E-state index is 12.5. The van der Waals surface area contributed by atoms with Crippen LogP contribution < -0.4 is 4.74 Å². The van der Waals surface area contributed by atoms with E-state index in [0.717, 1.165) is 37.2 Å². The van der Waals surface area contributed by atoms with Gasteiger partial charge in [-0.15, -0.1) is 0 Å². The summed E-state index contributed by atoms with van der Waals surface area (Å²) in [6.07, 6.45) is 3.06. The van der Waals surface area contributed by atoms with E-state index in [-0.39, 0.29) is 17.8 Å². The summed E-state index contributed by atoms with van der Waals surface area (Å²) in [5.74, 6) is 0.989. The zero-order valence-corrected chi connectivity index (χ0v) is 10.6. The van der Waals surface area contributed by atoms with Crippen molar-refractivity contribution in [3.8, 4) is 5.75 Å². The monoisotopic (exact) mass is 246 g/mol. The Labute approximate surface area is 107 Å². The van der Waals surface area contributed by atoms with E-state index in [4.69, 9.17) is 9.47 Å². The molecule has 0 aromatic heterocycles. The molecule has 2 unspecified atom stereocenters. The van der Waals surface area contributed by atoms with E-state index < -0.39 is 0 Å². The highest BCUT2D eigenvalue weighted by atomic mass is 16.5. The Hall–Kier alpha value is -1.35. The van der Waals surface area contributed by atoms with Gasteiger partial charge in [-0.05, 0) is 37.8 Å². The summed E-state index contributed by atoms with van der Waals surface area (Å²) in [5, 5.41) is 0.